The van der Waals surface area contributed by atoms with Crippen LogP contribution in [0.3, 0.4) is 0 Å². The molecule has 1 N–H and O–H groups in total. The molecule has 0 atom stereocenters. The Kier molecular flexibility index (Phi) is 5.81. The Morgan fingerprint density at radius 2 is 1.91 bits per heavy atom. The first-order valence-electron chi connectivity index (χ1n) is 8.00. The number of piperazine rings is 1. The van der Waals surface area contributed by atoms with Gasteiger partial charge in [-0.15, -0.1) is 0 Å². The van der Waals surface area contributed by atoms with Gasteiger partial charge in [-0.25, -0.2) is 0 Å². The molecular formula is C17H25N3O2. The zero-order valence-corrected chi connectivity index (χ0v) is 13.5. The van der Waals surface area contributed by atoms with Gasteiger partial charge in [0, 0.05) is 38.4 Å². The minimum atomic E-state index is -0.475. The molecule has 0 aromatic heterocycles. The van der Waals surface area contributed by atoms with Crippen LogP contribution in [0.25, 0.3) is 0 Å². The summed E-state index contributed by atoms with van der Waals surface area (Å²) in [5.41, 5.74) is 2.41. The number of benzene rings is 1. The van der Waals surface area contributed by atoms with Crippen LogP contribution in [0.2, 0.25) is 0 Å². The van der Waals surface area contributed by atoms with Gasteiger partial charge in [0.25, 0.3) is 0 Å². The molecule has 1 saturated heterocycles. The summed E-state index contributed by atoms with van der Waals surface area (Å²) in [5, 5.41) is 2.69. The van der Waals surface area contributed by atoms with Crippen molar-refractivity contribution in [2.45, 2.75) is 26.7 Å². The number of nitrogens with one attached hydrogen (secondary N) is 1. The molecule has 1 aromatic rings. The highest BCUT2D eigenvalue weighted by molar-refractivity contribution is 6.35. The van der Waals surface area contributed by atoms with Crippen molar-refractivity contribution in [1.82, 2.24) is 10.2 Å². The average molecular weight is 303 g/mol. The van der Waals surface area contributed by atoms with E-state index < -0.39 is 11.8 Å². The molecule has 1 fully saturated rings. The minimum Gasteiger partial charge on any atom is -0.368 e. The van der Waals surface area contributed by atoms with Crippen LogP contribution in [0.5, 0.6) is 0 Å². The van der Waals surface area contributed by atoms with Gasteiger partial charge in [0.2, 0.25) is 0 Å². The van der Waals surface area contributed by atoms with Gasteiger partial charge in [-0.05, 0) is 31.0 Å². The molecule has 22 heavy (non-hydrogen) atoms. The van der Waals surface area contributed by atoms with Gasteiger partial charge in [0.1, 0.15) is 0 Å². The largest absolute Gasteiger partial charge is 0.368 e. The van der Waals surface area contributed by atoms with Gasteiger partial charge < -0.3 is 15.1 Å². The van der Waals surface area contributed by atoms with E-state index in [1.54, 1.807) is 4.90 Å². The number of carbonyl (C=O) groups excluding carboxylic acids is 2. The van der Waals surface area contributed by atoms with Crippen molar-refractivity contribution in [3.05, 3.63) is 29.8 Å². The van der Waals surface area contributed by atoms with E-state index in [1.165, 1.54) is 11.3 Å². The molecule has 120 valence electrons. The minimum absolute atomic E-state index is 0.403. The number of amides is 2. The first-order chi connectivity index (χ1) is 10.6. The molecule has 0 unspecified atom stereocenters. The summed E-state index contributed by atoms with van der Waals surface area (Å²) >= 11 is 0. The van der Waals surface area contributed by atoms with Crippen molar-refractivity contribution < 1.29 is 9.59 Å². The number of aryl methyl sites for hydroxylation is 1. The molecule has 0 aliphatic carbocycles. The molecular weight excluding hydrogens is 278 g/mol. The summed E-state index contributed by atoms with van der Waals surface area (Å²) in [7, 11) is 0. The maximum Gasteiger partial charge on any atom is 0.312 e. The molecule has 1 aromatic carbocycles. The lowest BCUT2D eigenvalue weighted by atomic mass is 10.2. The first kappa shape index (κ1) is 16.3. The van der Waals surface area contributed by atoms with Gasteiger partial charge in [0.15, 0.2) is 0 Å². The topological polar surface area (TPSA) is 52.7 Å². The Hall–Kier alpha value is -2.04. The second-order valence-corrected chi connectivity index (χ2v) is 5.73. The van der Waals surface area contributed by atoms with Crippen LogP contribution in [0.15, 0.2) is 24.3 Å². The standard InChI is InChI=1S/C17H25N3O2/c1-3-4-8-18-16(21)17(22)20-11-9-19(10-12-20)15-7-5-6-14(2)13-15/h5-7,13H,3-4,8-12H2,1-2H3,(H,18,21). The van der Waals surface area contributed by atoms with Crippen molar-refractivity contribution in [3.63, 3.8) is 0 Å². The summed E-state index contributed by atoms with van der Waals surface area (Å²) in [4.78, 5) is 27.8. The van der Waals surface area contributed by atoms with E-state index >= 15 is 0 Å². The number of nitrogens with zero attached hydrogens (tertiary/aromatic N) is 2. The van der Waals surface area contributed by atoms with E-state index in [0.29, 0.717) is 19.6 Å². The molecule has 0 radical (unpaired) electrons. The van der Waals surface area contributed by atoms with Crippen LogP contribution in [0.4, 0.5) is 5.69 Å². The van der Waals surface area contributed by atoms with Gasteiger partial charge >= 0.3 is 11.8 Å². The Labute approximate surface area is 132 Å². The Bertz CT molecular complexity index is 522. The highest BCUT2D eigenvalue weighted by atomic mass is 16.2. The van der Waals surface area contributed by atoms with Crippen molar-refractivity contribution >= 4 is 17.5 Å². The lowest BCUT2D eigenvalue weighted by Gasteiger charge is -2.35. The Balaban J connectivity index is 1.84. The van der Waals surface area contributed by atoms with Crippen LogP contribution in [0.1, 0.15) is 25.3 Å². The smallest absolute Gasteiger partial charge is 0.312 e. The van der Waals surface area contributed by atoms with Crippen LogP contribution >= 0.6 is 0 Å². The predicted octanol–water partition coefficient (Wildman–Crippen LogP) is 1.56. The SMILES string of the molecule is CCCCNC(=O)C(=O)N1CCN(c2cccc(C)c2)CC1. The van der Waals surface area contributed by atoms with E-state index in [1.807, 2.05) is 6.07 Å². The molecule has 1 aliphatic rings. The fraction of sp³-hybridized carbons (Fsp3) is 0.529. The van der Waals surface area contributed by atoms with E-state index in [4.69, 9.17) is 0 Å². The number of carbonyl (C=O) groups is 2. The van der Waals surface area contributed by atoms with Crippen LogP contribution < -0.4 is 10.2 Å². The number of hydrogen-bond acceptors (Lipinski definition) is 3. The summed E-state index contributed by atoms with van der Waals surface area (Å²) in [6.07, 6.45) is 1.91. The molecule has 1 heterocycles. The molecule has 2 amide bonds. The maximum atomic E-state index is 12.1. The molecule has 1 aliphatic heterocycles. The van der Waals surface area contributed by atoms with Crippen LogP contribution in [-0.2, 0) is 9.59 Å². The second-order valence-electron chi connectivity index (χ2n) is 5.73. The first-order valence-corrected chi connectivity index (χ1v) is 8.00. The Morgan fingerprint density at radius 3 is 2.55 bits per heavy atom. The predicted molar refractivity (Wildman–Crippen MR) is 87.9 cm³/mol. The quantitative estimate of drug-likeness (QED) is 0.678. The average Bonchev–Trinajstić information content (AvgIpc) is 2.54. The number of unbranched alkanes of at least 4 members (excludes halogenated alkanes) is 1. The van der Waals surface area contributed by atoms with Crippen molar-refractivity contribution in [3.8, 4) is 0 Å². The number of rotatable bonds is 4. The monoisotopic (exact) mass is 303 g/mol. The number of anilines is 1. The molecule has 0 bridgehead atoms. The molecule has 2 rings (SSSR count). The van der Waals surface area contributed by atoms with Crippen molar-refractivity contribution in [2.75, 3.05) is 37.6 Å². The lowest BCUT2D eigenvalue weighted by molar-refractivity contribution is -0.146. The van der Waals surface area contributed by atoms with Crippen molar-refractivity contribution in [2.24, 2.45) is 0 Å². The van der Waals surface area contributed by atoms with Gasteiger partial charge in [0.05, 0.1) is 0 Å². The molecule has 5 nitrogen and oxygen atoms in total. The zero-order valence-electron chi connectivity index (χ0n) is 13.5. The normalized spacial score (nSPS) is 14.8. The lowest BCUT2D eigenvalue weighted by Crippen LogP contribution is -2.52. The summed E-state index contributed by atoms with van der Waals surface area (Å²) in [5.74, 6) is -0.877. The number of hydrogen-bond donors (Lipinski definition) is 1. The van der Waals surface area contributed by atoms with Gasteiger partial charge in [-0.2, -0.15) is 0 Å². The third-order valence-corrected chi connectivity index (χ3v) is 3.94. The van der Waals surface area contributed by atoms with E-state index in [0.717, 1.165) is 25.9 Å². The zero-order chi connectivity index (χ0) is 15.9. The fourth-order valence-electron chi connectivity index (χ4n) is 2.59. The maximum absolute atomic E-state index is 12.1. The third-order valence-electron chi connectivity index (χ3n) is 3.94. The highest BCUT2D eigenvalue weighted by Gasteiger charge is 2.25. The van der Waals surface area contributed by atoms with E-state index in [9.17, 15) is 9.59 Å². The molecule has 0 saturated carbocycles. The van der Waals surface area contributed by atoms with Crippen LogP contribution in [-0.4, -0.2) is 49.4 Å². The highest BCUT2D eigenvalue weighted by Crippen LogP contribution is 2.17. The van der Waals surface area contributed by atoms with Gasteiger partial charge in [-0.1, -0.05) is 25.5 Å². The summed E-state index contributed by atoms with van der Waals surface area (Å²) in [6.45, 7) is 7.41. The Morgan fingerprint density at radius 1 is 1.18 bits per heavy atom. The van der Waals surface area contributed by atoms with E-state index in [-0.39, 0.29) is 0 Å². The van der Waals surface area contributed by atoms with E-state index in [2.05, 4.69) is 42.3 Å². The summed E-state index contributed by atoms with van der Waals surface area (Å²) < 4.78 is 0. The molecule has 5 heteroatoms. The van der Waals surface area contributed by atoms with Crippen LogP contribution in [0, 0.1) is 6.92 Å². The summed E-state index contributed by atoms with van der Waals surface area (Å²) in [6, 6.07) is 8.35. The fourth-order valence-corrected chi connectivity index (χ4v) is 2.59. The third kappa shape index (κ3) is 4.23. The second kappa shape index (κ2) is 7.82. The van der Waals surface area contributed by atoms with Crippen molar-refractivity contribution in [1.29, 1.82) is 0 Å². The molecule has 0 spiro atoms. The van der Waals surface area contributed by atoms with Gasteiger partial charge in [-0.3, -0.25) is 9.59 Å².